The molecule has 1 unspecified atom stereocenters. The van der Waals surface area contributed by atoms with Crippen LogP contribution in [0, 0.1) is 11.3 Å². The zero-order chi connectivity index (χ0) is 13.2. The van der Waals surface area contributed by atoms with E-state index in [1.807, 2.05) is 6.92 Å². The second-order valence-electron chi connectivity index (χ2n) is 4.64. The van der Waals surface area contributed by atoms with Crippen LogP contribution in [0.3, 0.4) is 0 Å². The molecule has 1 rings (SSSR count). The molecule has 0 N–H and O–H groups in total. The molecule has 0 radical (unpaired) electrons. The number of piperazine rings is 1. The van der Waals surface area contributed by atoms with Gasteiger partial charge in [-0.15, -0.1) is 0 Å². The van der Waals surface area contributed by atoms with Crippen LogP contribution in [0.15, 0.2) is 0 Å². The van der Waals surface area contributed by atoms with E-state index in [2.05, 4.69) is 15.9 Å². The molecule has 1 aliphatic heterocycles. The Kier molecular flexibility index (Phi) is 7.94. The van der Waals surface area contributed by atoms with Crippen molar-refractivity contribution in [3.8, 4) is 6.07 Å². The first-order chi connectivity index (χ1) is 8.77. The quantitative estimate of drug-likeness (QED) is 0.593. The van der Waals surface area contributed by atoms with Crippen LogP contribution in [0.5, 0.6) is 0 Å². The van der Waals surface area contributed by atoms with E-state index < -0.39 is 0 Å². The van der Waals surface area contributed by atoms with Gasteiger partial charge in [0.2, 0.25) is 0 Å². The number of rotatable bonds is 8. The molecule has 104 valence electrons. The minimum atomic E-state index is 0.0393. The third-order valence-corrected chi connectivity index (χ3v) is 3.33. The van der Waals surface area contributed by atoms with Gasteiger partial charge >= 0.3 is 0 Å². The fourth-order valence-electron chi connectivity index (χ4n) is 2.06. The molecule has 1 atom stereocenters. The van der Waals surface area contributed by atoms with Gasteiger partial charge in [0.25, 0.3) is 0 Å². The standard InChI is InChI=1S/C13H25N3O2/c1-13(12-14)16-6-4-15(5-7-16)8-11-18-10-3-9-17-2/h13H,3-11H2,1-2H3. The van der Waals surface area contributed by atoms with Crippen molar-refractivity contribution in [2.24, 2.45) is 0 Å². The Labute approximate surface area is 110 Å². The van der Waals surface area contributed by atoms with E-state index in [1.54, 1.807) is 7.11 Å². The van der Waals surface area contributed by atoms with Crippen molar-refractivity contribution in [2.45, 2.75) is 19.4 Å². The first kappa shape index (κ1) is 15.4. The normalized spacial score (nSPS) is 19.6. The van der Waals surface area contributed by atoms with Gasteiger partial charge in [-0.3, -0.25) is 9.80 Å². The van der Waals surface area contributed by atoms with Crippen LogP contribution in [-0.4, -0.2) is 75.5 Å². The second kappa shape index (κ2) is 9.29. The lowest BCUT2D eigenvalue weighted by molar-refractivity contribution is 0.0617. The maximum atomic E-state index is 8.86. The molecule has 0 spiro atoms. The van der Waals surface area contributed by atoms with Crippen molar-refractivity contribution in [1.29, 1.82) is 5.26 Å². The van der Waals surface area contributed by atoms with Crippen molar-refractivity contribution in [1.82, 2.24) is 9.80 Å². The summed E-state index contributed by atoms with van der Waals surface area (Å²) in [5, 5.41) is 8.86. The summed E-state index contributed by atoms with van der Waals surface area (Å²) in [5.41, 5.74) is 0. The van der Waals surface area contributed by atoms with Crippen LogP contribution >= 0.6 is 0 Å². The summed E-state index contributed by atoms with van der Waals surface area (Å²) in [6, 6.07) is 2.33. The largest absolute Gasteiger partial charge is 0.385 e. The Morgan fingerprint density at radius 2 is 1.89 bits per heavy atom. The molecule has 0 aromatic heterocycles. The lowest BCUT2D eigenvalue weighted by Crippen LogP contribution is -2.49. The van der Waals surface area contributed by atoms with Gasteiger partial charge in [0.05, 0.1) is 18.7 Å². The summed E-state index contributed by atoms with van der Waals surface area (Å²) in [6.45, 7) is 9.33. The fourth-order valence-corrected chi connectivity index (χ4v) is 2.06. The molecule has 0 aromatic rings. The molecule has 0 amide bonds. The number of hydrogen-bond donors (Lipinski definition) is 0. The number of methoxy groups -OCH3 is 1. The second-order valence-corrected chi connectivity index (χ2v) is 4.64. The van der Waals surface area contributed by atoms with Gasteiger partial charge in [-0.1, -0.05) is 0 Å². The van der Waals surface area contributed by atoms with Gasteiger partial charge < -0.3 is 9.47 Å². The summed E-state index contributed by atoms with van der Waals surface area (Å²) < 4.78 is 10.5. The number of nitriles is 1. The minimum absolute atomic E-state index is 0.0393. The van der Waals surface area contributed by atoms with Gasteiger partial charge in [0.1, 0.15) is 0 Å². The highest BCUT2D eigenvalue weighted by Gasteiger charge is 2.20. The Balaban J connectivity index is 2.01. The molecule has 0 aromatic carbocycles. The maximum absolute atomic E-state index is 8.86. The summed E-state index contributed by atoms with van der Waals surface area (Å²) in [7, 11) is 1.71. The molecular formula is C13H25N3O2. The average Bonchev–Trinajstić information content (AvgIpc) is 2.42. The van der Waals surface area contributed by atoms with Crippen LogP contribution in [0.1, 0.15) is 13.3 Å². The highest BCUT2D eigenvalue weighted by atomic mass is 16.5. The van der Waals surface area contributed by atoms with E-state index in [0.29, 0.717) is 0 Å². The Morgan fingerprint density at radius 1 is 1.17 bits per heavy atom. The van der Waals surface area contributed by atoms with Crippen molar-refractivity contribution >= 4 is 0 Å². The van der Waals surface area contributed by atoms with Gasteiger partial charge in [-0.2, -0.15) is 5.26 Å². The Morgan fingerprint density at radius 3 is 2.50 bits per heavy atom. The number of hydrogen-bond acceptors (Lipinski definition) is 5. The summed E-state index contributed by atoms with van der Waals surface area (Å²) in [6.07, 6.45) is 0.962. The van der Waals surface area contributed by atoms with Crippen LogP contribution < -0.4 is 0 Å². The van der Waals surface area contributed by atoms with Crippen molar-refractivity contribution in [3.05, 3.63) is 0 Å². The SMILES string of the molecule is COCCCOCCN1CCN(C(C)C#N)CC1. The molecule has 0 saturated carbocycles. The van der Waals surface area contributed by atoms with E-state index in [9.17, 15) is 0 Å². The first-order valence-corrected chi connectivity index (χ1v) is 6.70. The van der Waals surface area contributed by atoms with Crippen LogP contribution in [0.2, 0.25) is 0 Å². The molecule has 0 bridgehead atoms. The lowest BCUT2D eigenvalue weighted by Gasteiger charge is -2.35. The van der Waals surface area contributed by atoms with E-state index in [4.69, 9.17) is 14.7 Å². The van der Waals surface area contributed by atoms with E-state index in [1.165, 1.54) is 0 Å². The first-order valence-electron chi connectivity index (χ1n) is 6.70. The van der Waals surface area contributed by atoms with Gasteiger partial charge in [0.15, 0.2) is 0 Å². The third kappa shape index (κ3) is 5.78. The van der Waals surface area contributed by atoms with Crippen LogP contribution in [0.4, 0.5) is 0 Å². The zero-order valence-corrected chi connectivity index (χ0v) is 11.6. The summed E-state index contributed by atoms with van der Waals surface area (Å²) >= 11 is 0. The van der Waals surface area contributed by atoms with E-state index in [-0.39, 0.29) is 6.04 Å². The van der Waals surface area contributed by atoms with Crippen molar-refractivity contribution in [2.75, 3.05) is 59.7 Å². The highest BCUT2D eigenvalue weighted by molar-refractivity contribution is 4.90. The van der Waals surface area contributed by atoms with E-state index in [0.717, 1.165) is 59.0 Å². The molecule has 18 heavy (non-hydrogen) atoms. The monoisotopic (exact) mass is 255 g/mol. The van der Waals surface area contributed by atoms with Gasteiger partial charge in [-0.25, -0.2) is 0 Å². The fraction of sp³-hybridized carbons (Fsp3) is 0.923. The predicted octanol–water partition coefficient (Wildman–Crippen LogP) is 0.569. The predicted molar refractivity (Wildman–Crippen MR) is 70.4 cm³/mol. The van der Waals surface area contributed by atoms with Gasteiger partial charge in [0, 0.05) is 53.0 Å². The lowest BCUT2D eigenvalue weighted by atomic mass is 10.2. The van der Waals surface area contributed by atoms with Crippen LogP contribution in [0.25, 0.3) is 0 Å². The van der Waals surface area contributed by atoms with Crippen molar-refractivity contribution in [3.63, 3.8) is 0 Å². The van der Waals surface area contributed by atoms with E-state index >= 15 is 0 Å². The third-order valence-electron chi connectivity index (χ3n) is 3.33. The molecule has 1 heterocycles. The molecule has 5 heteroatoms. The summed E-state index contributed by atoms with van der Waals surface area (Å²) in [4.78, 5) is 4.63. The molecule has 0 aliphatic carbocycles. The molecule has 5 nitrogen and oxygen atoms in total. The summed E-state index contributed by atoms with van der Waals surface area (Å²) in [5.74, 6) is 0. The molecular weight excluding hydrogens is 230 g/mol. The van der Waals surface area contributed by atoms with Crippen molar-refractivity contribution < 1.29 is 9.47 Å². The number of nitrogens with zero attached hydrogens (tertiary/aromatic N) is 3. The molecule has 1 aliphatic rings. The molecule has 1 fully saturated rings. The molecule has 1 saturated heterocycles. The maximum Gasteiger partial charge on any atom is 0.0950 e. The Bertz CT molecular complexity index is 247. The topological polar surface area (TPSA) is 48.7 Å². The van der Waals surface area contributed by atoms with Gasteiger partial charge in [-0.05, 0) is 13.3 Å². The smallest absolute Gasteiger partial charge is 0.0950 e. The minimum Gasteiger partial charge on any atom is -0.385 e. The number of ether oxygens (including phenoxy) is 2. The zero-order valence-electron chi connectivity index (χ0n) is 11.6. The Hall–Kier alpha value is -0.670. The van der Waals surface area contributed by atoms with Crippen LogP contribution in [-0.2, 0) is 9.47 Å². The average molecular weight is 255 g/mol. The highest BCUT2D eigenvalue weighted by Crippen LogP contribution is 2.05.